The molecule has 0 heterocycles. The van der Waals surface area contributed by atoms with E-state index in [4.69, 9.17) is 9.47 Å². The van der Waals surface area contributed by atoms with Crippen LogP contribution in [0.2, 0.25) is 0 Å². The monoisotopic (exact) mass is 252 g/mol. The van der Waals surface area contributed by atoms with Crippen LogP contribution in [0.5, 0.6) is 5.75 Å². The summed E-state index contributed by atoms with van der Waals surface area (Å²) >= 11 is 0. The maximum absolute atomic E-state index is 5.69. The second kappa shape index (κ2) is 8.91. The first kappa shape index (κ1) is 15.0. The predicted octanol–water partition coefficient (Wildman–Crippen LogP) is 1.36. The van der Waals surface area contributed by atoms with Gasteiger partial charge in [-0.15, -0.1) is 0 Å². The predicted molar refractivity (Wildman–Crippen MR) is 74.1 cm³/mol. The zero-order valence-corrected chi connectivity index (χ0v) is 11.6. The van der Waals surface area contributed by atoms with E-state index in [0.717, 1.165) is 32.0 Å². The quantitative estimate of drug-likeness (QED) is 0.719. The number of benzene rings is 1. The molecular weight excluding hydrogens is 228 g/mol. The van der Waals surface area contributed by atoms with Gasteiger partial charge in [0.1, 0.15) is 12.4 Å². The van der Waals surface area contributed by atoms with Crippen LogP contribution in [0, 0.1) is 0 Å². The van der Waals surface area contributed by atoms with Crippen LogP contribution in [-0.2, 0) is 11.3 Å². The molecule has 0 unspecified atom stereocenters. The topological polar surface area (TPSA) is 33.7 Å². The lowest BCUT2D eigenvalue weighted by Gasteiger charge is -2.16. The molecule has 1 aromatic rings. The zero-order valence-electron chi connectivity index (χ0n) is 11.6. The summed E-state index contributed by atoms with van der Waals surface area (Å²) in [5.41, 5.74) is 1.27. The van der Waals surface area contributed by atoms with Gasteiger partial charge in [-0.1, -0.05) is 12.1 Å². The number of likely N-dealkylation sites (N-methyl/N-ethyl adjacent to an activating group) is 1. The molecule has 1 aromatic carbocycles. The number of rotatable bonds is 9. The number of nitrogens with one attached hydrogen (secondary N) is 1. The lowest BCUT2D eigenvalue weighted by atomic mass is 10.2. The Bertz CT molecular complexity index is 314. The van der Waals surface area contributed by atoms with Gasteiger partial charge in [0.15, 0.2) is 0 Å². The molecular formula is C14H24N2O2. The molecule has 102 valence electrons. The van der Waals surface area contributed by atoms with Crippen LogP contribution in [-0.4, -0.2) is 52.4 Å². The molecule has 0 aliphatic rings. The van der Waals surface area contributed by atoms with Crippen molar-refractivity contribution < 1.29 is 9.47 Å². The SMILES string of the molecule is CNCc1ccc(OCCN(C)CCOC)cc1. The summed E-state index contributed by atoms with van der Waals surface area (Å²) in [6.45, 7) is 4.18. The molecule has 0 radical (unpaired) electrons. The number of nitrogens with zero attached hydrogens (tertiary/aromatic N) is 1. The standard InChI is InChI=1S/C14H24N2O2/c1-15-12-13-4-6-14(7-5-13)18-11-9-16(2)8-10-17-3/h4-7,15H,8-12H2,1-3H3. The molecule has 4 nitrogen and oxygen atoms in total. The van der Waals surface area contributed by atoms with Gasteiger partial charge in [-0.2, -0.15) is 0 Å². The van der Waals surface area contributed by atoms with Gasteiger partial charge in [0, 0.05) is 26.7 Å². The second-order valence-corrected chi connectivity index (χ2v) is 4.32. The Morgan fingerprint density at radius 2 is 1.78 bits per heavy atom. The fourth-order valence-corrected chi connectivity index (χ4v) is 1.59. The zero-order chi connectivity index (χ0) is 13.2. The van der Waals surface area contributed by atoms with Gasteiger partial charge in [0.2, 0.25) is 0 Å². The van der Waals surface area contributed by atoms with Crippen LogP contribution < -0.4 is 10.1 Å². The number of ether oxygens (including phenoxy) is 2. The van der Waals surface area contributed by atoms with Gasteiger partial charge in [0.05, 0.1) is 6.61 Å². The molecule has 0 amide bonds. The van der Waals surface area contributed by atoms with Crippen molar-refractivity contribution in [2.45, 2.75) is 6.54 Å². The second-order valence-electron chi connectivity index (χ2n) is 4.32. The average Bonchev–Trinajstić information content (AvgIpc) is 2.39. The van der Waals surface area contributed by atoms with Crippen LogP contribution in [0.1, 0.15) is 5.56 Å². The summed E-state index contributed by atoms with van der Waals surface area (Å²) in [6, 6.07) is 8.20. The van der Waals surface area contributed by atoms with E-state index in [1.165, 1.54) is 5.56 Å². The van der Waals surface area contributed by atoms with Crippen molar-refractivity contribution in [2.24, 2.45) is 0 Å². The Labute approximate surface area is 110 Å². The maximum atomic E-state index is 5.69. The Kier molecular flexibility index (Phi) is 7.41. The van der Waals surface area contributed by atoms with Crippen molar-refractivity contribution in [3.63, 3.8) is 0 Å². The smallest absolute Gasteiger partial charge is 0.119 e. The van der Waals surface area contributed by atoms with Gasteiger partial charge in [-0.3, -0.25) is 0 Å². The fraction of sp³-hybridized carbons (Fsp3) is 0.571. The summed E-state index contributed by atoms with van der Waals surface area (Å²) in [7, 11) is 5.73. The van der Waals surface area contributed by atoms with E-state index in [9.17, 15) is 0 Å². The highest BCUT2D eigenvalue weighted by Crippen LogP contribution is 2.11. The Morgan fingerprint density at radius 1 is 1.11 bits per heavy atom. The van der Waals surface area contributed by atoms with E-state index in [-0.39, 0.29) is 0 Å². The lowest BCUT2D eigenvalue weighted by molar-refractivity contribution is 0.150. The van der Waals surface area contributed by atoms with Gasteiger partial charge < -0.3 is 19.7 Å². The van der Waals surface area contributed by atoms with Crippen LogP contribution in [0.15, 0.2) is 24.3 Å². The fourth-order valence-electron chi connectivity index (χ4n) is 1.59. The third-order valence-electron chi connectivity index (χ3n) is 2.72. The molecule has 0 atom stereocenters. The van der Waals surface area contributed by atoms with Gasteiger partial charge in [-0.05, 0) is 31.8 Å². The Morgan fingerprint density at radius 3 is 2.39 bits per heavy atom. The lowest BCUT2D eigenvalue weighted by Crippen LogP contribution is -2.27. The van der Waals surface area contributed by atoms with Crippen LogP contribution in [0.4, 0.5) is 0 Å². The molecule has 0 spiro atoms. The number of hydrogen-bond donors (Lipinski definition) is 1. The third kappa shape index (κ3) is 6.00. The van der Waals surface area contributed by atoms with Crippen molar-refractivity contribution >= 4 is 0 Å². The maximum Gasteiger partial charge on any atom is 0.119 e. The average molecular weight is 252 g/mol. The van der Waals surface area contributed by atoms with E-state index in [1.54, 1.807) is 7.11 Å². The summed E-state index contributed by atoms with van der Waals surface area (Å²) in [5.74, 6) is 0.926. The molecule has 0 aliphatic carbocycles. The molecule has 0 bridgehead atoms. The first-order valence-electron chi connectivity index (χ1n) is 6.30. The minimum absolute atomic E-state index is 0.700. The Balaban J connectivity index is 2.22. The van der Waals surface area contributed by atoms with E-state index in [0.29, 0.717) is 6.61 Å². The normalized spacial score (nSPS) is 10.9. The molecule has 0 saturated carbocycles. The number of methoxy groups -OCH3 is 1. The minimum Gasteiger partial charge on any atom is -0.492 e. The van der Waals surface area contributed by atoms with Crippen molar-refractivity contribution in [2.75, 3.05) is 47.5 Å². The third-order valence-corrected chi connectivity index (χ3v) is 2.72. The van der Waals surface area contributed by atoms with Crippen molar-refractivity contribution in [3.8, 4) is 5.75 Å². The number of hydrogen-bond acceptors (Lipinski definition) is 4. The first-order valence-corrected chi connectivity index (χ1v) is 6.30. The Hall–Kier alpha value is -1.10. The largest absolute Gasteiger partial charge is 0.492 e. The van der Waals surface area contributed by atoms with Crippen molar-refractivity contribution in [1.29, 1.82) is 0 Å². The van der Waals surface area contributed by atoms with Crippen LogP contribution in [0.3, 0.4) is 0 Å². The highest BCUT2D eigenvalue weighted by molar-refractivity contribution is 5.27. The molecule has 1 rings (SSSR count). The molecule has 18 heavy (non-hydrogen) atoms. The molecule has 4 heteroatoms. The van der Waals surface area contributed by atoms with Crippen LogP contribution in [0.25, 0.3) is 0 Å². The minimum atomic E-state index is 0.700. The summed E-state index contributed by atoms with van der Waals surface area (Å²) in [4.78, 5) is 2.19. The summed E-state index contributed by atoms with van der Waals surface area (Å²) in [5, 5.41) is 3.12. The van der Waals surface area contributed by atoms with E-state index < -0.39 is 0 Å². The summed E-state index contributed by atoms with van der Waals surface area (Å²) in [6.07, 6.45) is 0. The molecule has 0 saturated heterocycles. The highest BCUT2D eigenvalue weighted by atomic mass is 16.5. The van der Waals surface area contributed by atoms with Crippen molar-refractivity contribution in [3.05, 3.63) is 29.8 Å². The molecule has 1 N–H and O–H groups in total. The van der Waals surface area contributed by atoms with Crippen LogP contribution >= 0.6 is 0 Å². The molecule has 0 aliphatic heterocycles. The van der Waals surface area contributed by atoms with Gasteiger partial charge in [-0.25, -0.2) is 0 Å². The van der Waals surface area contributed by atoms with E-state index in [2.05, 4.69) is 29.4 Å². The van der Waals surface area contributed by atoms with E-state index >= 15 is 0 Å². The van der Waals surface area contributed by atoms with Crippen molar-refractivity contribution in [1.82, 2.24) is 10.2 Å². The van der Waals surface area contributed by atoms with E-state index in [1.807, 2.05) is 19.2 Å². The first-order chi connectivity index (χ1) is 8.76. The van der Waals surface area contributed by atoms with Gasteiger partial charge in [0.25, 0.3) is 0 Å². The molecule has 0 fully saturated rings. The summed E-state index contributed by atoms with van der Waals surface area (Å²) < 4.78 is 10.7. The molecule has 0 aromatic heterocycles. The highest BCUT2D eigenvalue weighted by Gasteiger charge is 1.99. The van der Waals surface area contributed by atoms with Gasteiger partial charge >= 0.3 is 0 Å².